The Balaban J connectivity index is 2.06. The van der Waals surface area contributed by atoms with Gasteiger partial charge < -0.3 is 4.74 Å². The van der Waals surface area contributed by atoms with Gasteiger partial charge in [0.2, 0.25) is 10.0 Å². The van der Waals surface area contributed by atoms with Crippen molar-refractivity contribution in [2.75, 3.05) is 14.1 Å². The van der Waals surface area contributed by atoms with Crippen LogP contribution in [0, 0.1) is 0 Å². The number of rotatable bonds is 5. The van der Waals surface area contributed by atoms with Crippen molar-refractivity contribution in [3.63, 3.8) is 0 Å². The number of benzene rings is 2. The molecule has 0 fully saturated rings. The third-order valence-electron chi connectivity index (χ3n) is 2.85. The van der Waals surface area contributed by atoms with Gasteiger partial charge in [0.25, 0.3) is 0 Å². The summed E-state index contributed by atoms with van der Waals surface area (Å²) in [4.78, 5) is 0.259. The average molecular weight is 291 g/mol. The minimum atomic E-state index is -3.38. The van der Waals surface area contributed by atoms with E-state index >= 15 is 0 Å². The number of ether oxygens (including phenoxy) is 1. The van der Waals surface area contributed by atoms with Crippen LogP contribution in [-0.4, -0.2) is 26.8 Å². The molecule has 4 nitrogen and oxygen atoms in total. The van der Waals surface area contributed by atoms with Crippen LogP contribution in [0.3, 0.4) is 0 Å². The number of sulfonamides is 1. The minimum Gasteiger partial charge on any atom is -0.489 e. The standard InChI is InChI=1S/C15H17NO3S/c1-16(2)20(17,18)15-10-8-14(9-11-15)19-12-13-6-4-3-5-7-13/h3-11H,12H2,1-2H3. The lowest BCUT2D eigenvalue weighted by Gasteiger charge is -2.12. The molecule has 2 aromatic carbocycles. The van der Waals surface area contributed by atoms with Gasteiger partial charge in [-0.15, -0.1) is 0 Å². The van der Waals surface area contributed by atoms with Crippen LogP contribution >= 0.6 is 0 Å². The molecule has 0 bridgehead atoms. The largest absolute Gasteiger partial charge is 0.489 e. The fraction of sp³-hybridized carbons (Fsp3) is 0.200. The highest BCUT2D eigenvalue weighted by Gasteiger charge is 2.16. The summed E-state index contributed by atoms with van der Waals surface area (Å²) >= 11 is 0. The van der Waals surface area contributed by atoms with E-state index in [1.807, 2.05) is 30.3 Å². The van der Waals surface area contributed by atoms with Gasteiger partial charge in [0, 0.05) is 14.1 Å². The Morgan fingerprint density at radius 2 is 1.55 bits per heavy atom. The molecule has 2 rings (SSSR count). The lowest BCUT2D eigenvalue weighted by Crippen LogP contribution is -2.22. The van der Waals surface area contributed by atoms with Crippen LogP contribution in [-0.2, 0) is 16.6 Å². The molecule has 0 radical (unpaired) electrons. The first-order chi connectivity index (χ1) is 9.50. The lowest BCUT2D eigenvalue weighted by molar-refractivity contribution is 0.306. The van der Waals surface area contributed by atoms with Crippen LogP contribution < -0.4 is 4.74 Å². The van der Waals surface area contributed by atoms with Gasteiger partial charge in [-0.3, -0.25) is 0 Å². The minimum absolute atomic E-state index is 0.259. The van der Waals surface area contributed by atoms with Crippen molar-refractivity contribution in [2.24, 2.45) is 0 Å². The molecular weight excluding hydrogens is 274 g/mol. The molecule has 0 atom stereocenters. The van der Waals surface area contributed by atoms with Crippen LogP contribution in [0.2, 0.25) is 0 Å². The van der Waals surface area contributed by atoms with Gasteiger partial charge in [0.05, 0.1) is 4.90 Å². The number of hydrogen-bond acceptors (Lipinski definition) is 3. The highest BCUT2D eigenvalue weighted by Crippen LogP contribution is 2.18. The van der Waals surface area contributed by atoms with E-state index in [4.69, 9.17) is 4.74 Å². The van der Waals surface area contributed by atoms with E-state index in [-0.39, 0.29) is 4.90 Å². The zero-order valence-electron chi connectivity index (χ0n) is 11.5. The molecule has 0 N–H and O–H groups in total. The monoisotopic (exact) mass is 291 g/mol. The molecule has 0 spiro atoms. The highest BCUT2D eigenvalue weighted by atomic mass is 32.2. The molecule has 0 amide bonds. The van der Waals surface area contributed by atoms with Gasteiger partial charge in [-0.25, -0.2) is 12.7 Å². The maximum atomic E-state index is 11.9. The molecule has 0 aliphatic rings. The molecule has 0 heterocycles. The summed E-state index contributed by atoms with van der Waals surface area (Å²) in [5, 5.41) is 0. The molecule has 0 aliphatic heterocycles. The van der Waals surface area contributed by atoms with Gasteiger partial charge in [0.15, 0.2) is 0 Å². The molecule has 106 valence electrons. The molecule has 5 heteroatoms. The van der Waals surface area contributed by atoms with Crippen molar-refractivity contribution in [3.05, 3.63) is 60.2 Å². The Morgan fingerprint density at radius 3 is 2.10 bits per heavy atom. The molecule has 20 heavy (non-hydrogen) atoms. The normalized spacial score (nSPS) is 11.6. The third-order valence-corrected chi connectivity index (χ3v) is 4.68. The Bertz CT molecular complexity index is 649. The summed E-state index contributed by atoms with van der Waals surface area (Å²) in [6.07, 6.45) is 0. The van der Waals surface area contributed by atoms with Crippen LogP contribution in [0.1, 0.15) is 5.56 Å². The maximum Gasteiger partial charge on any atom is 0.242 e. The molecule has 2 aromatic rings. The topological polar surface area (TPSA) is 46.6 Å². The Hall–Kier alpha value is -1.85. The summed E-state index contributed by atoms with van der Waals surface area (Å²) in [5.74, 6) is 0.645. The molecule has 0 unspecified atom stereocenters. The van der Waals surface area contributed by atoms with E-state index in [1.54, 1.807) is 24.3 Å². The van der Waals surface area contributed by atoms with E-state index in [0.29, 0.717) is 12.4 Å². The first kappa shape index (κ1) is 14.6. The Morgan fingerprint density at radius 1 is 0.950 bits per heavy atom. The van der Waals surface area contributed by atoms with Crippen LogP contribution in [0.15, 0.2) is 59.5 Å². The fourth-order valence-corrected chi connectivity index (χ4v) is 2.56. The summed E-state index contributed by atoms with van der Waals surface area (Å²) in [6.45, 7) is 0.459. The fourth-order valence-electron chi connectivity index (χ4n) is 1.66. The van der Waals surface area contributed by atoms with Crippen molar-refractivity contribution in [1.29, 1.82) is 0 Å². The summed E-state index contributed by atoms with van der Waals surface area (Å²) in [6, 6.07) is 16.2. The second-order valence-corrected chi connectivity index (χ2v) is 6.68. The van der Waals surface area contributed by atoms with Crippen molar-refractivity contribution >= 4 is 10.0 Å². The third kappa shape index (κ3) is 3.37. The van der Waals surface area contributed by atoms with Gasteiger partial charge in [-0.2, -0.15) is 0 Å². The van der Waals surface area contributed by atoms with E-state index < -0.39 is 10.0 Å². The van der Waals surface area contributed by atoms with Gasteiger partial charge >= 0.3 is 0 Å². The second-order valence-electron chi connectivity index (χ2n) is 4.53. The van der Waals surface area contributed by atoms with Crippen LogP contribution in [0.25, 0.3) is 0 Å². The predicted molar refractivity (Wildman–Crippen MR) is 78.1 cm³/mol. The van der Waals surface area contributed by atoms with E-state index in [2.05, 4.69) is 0 Å². The average Bonchev–Trinajstić information content (AvgIpc) is 2.46. The maximum absolute atomic E-state index is 11.9. The van der Waals surface area contributed by atoms with E-state index in [1.165, 1.54) is 18.4 Å². The van der Waals surface area contributed by atoms with Gasteiger partial charge in [0.1, 0.15) is 12.4 Å². The Kier molecular flexibility index (Phi) is 4.42. The molecule has 0 saturated carbocycles. The van der Waals surface area contributed by atoms with Crippen molar-refractivity contribution in [3.8, 4) is 5.75 Å². The molecule has 0 aliphatic carbocycles. The number of hydrogen-bond donors (Lipinski definition) is 0. The summed E-state index contributed by atoms with van der Waals surface area (Å²) < 4.78 is 30.6. The van der Waals surface area contributed by atoms with Crippen molar-refractivity contribution < 1.29 is 13.2 Å². The van der Waals surface area contributed by atoms with E-state index in [9.17, 15) is 8.42 Å². The lowest BCUT2D eigenvalue weighted by atomic mass is 10.2. The van der Waals surface area contributed by atoms with Crippen LogP contribution in [0.5, 0.6) is 5.75 Å². The summed E-state index contributed by atoms with van der Waals surface area (Å²) in [7, 11) is -0.365. The van der Waals surface area contributed by atoms with Crippen molar-refractivity contribution in [1.82, 2.24) is 4.31 Å². The van der Waals surface area contributed by atoms with Crippen molar-refractivity contribution in [2.45, 2.75) is 11.5 Å². The molecule has 0 aromatic heterocycles. The zero-order chi connectivity index (χ0) is 14.6. The highest BCUT2D eigenvalue weighted by molar-refractivity contribution is 7.89. The smallest absolute Gasteiger partial charge is 0.242 e. The first-order valence-electron chi connectivity index (χ1n) is 6.19. The Labute approximate surface area is 119 Å². The quantitative estimate of drug-likeness (QED) is 0.850. The molecular formula is C15H17NO3S. The molecule has 0 saturated heterocycles. The van der Waals surface area contributed by atoms with Gasteiger partial charge in [-0.1, -0.05) is 30.3 Å². The predicted octanol–water partition coefficient (Wildman–Crippen LogP) is 2.52. The first-order valence-corrected chi connectivity index (χ1v) is 7.63. The van der Waals surface area contributed by atoms with E-state index in [0.717, 1.165) is 5.56 Å². The second kappa shape index (κ2) is 6.07. The number of nitrogens with zero attached hydrogens (tertiary/aromatic N) is 1. The van der Waals surface area contributed by atoms with Crippen LogP contribution in [0.4, 0.5) is 0 Å². The zero-order valence-corrected chi connectivity index (χ0v) is 12.3. The summed E-state index contributed by atoms with van der Waals surface area (Å²) in [5.41, 5.74) is 1.07. The SMILES string of the molecule is CN(C)S(=O)(=O)c1ccc(OCc2ccccc2)cc1. The van der Waals surface area contributed by atoms with Gasteiger partial charge in [-0.05, 0) is 29.8 Å².